The van der Waals surface area contributed by atoms with Crippen LogP contribution in [-0.2, 0) is 33.2 Å². The molecule has 2 aromatic carbocycles. The number of carbonyl (C=O) groups excluding carboxylic acids is 3. The topological polar surface area (TPSA) is 107 Å². The first-order chi connectivity index (χ1) is 19.7. The quantitative estimate of drug-likeness (QED) is 0.156. The van der Waals surface area contributed by atoms with Crippen molar-refractivity contribution < 1.29 is 42.8 Å². The van der Waals surface area contributed by atoms with E-state index < -0.39 is 54.0 Å². The van der Waals surface area contributed by atoms with Crippen molar-refractivity contribution in [3.8, 4) is 0 Å². The predicted octanol–water partition coefficient (Wildman–Crippen LogP) is 5.50. The molecule has 9 nitrogen and oxygen atoms in total. The van der Waals surface area contributed by atoms with Crippen LogP contribution in [0.3, 0.4) is 0 Å². The van der Waals surface area contributed by atoms with E-state index >= 15 is 0 Å². The third-order valence-corrected chi connectivity index (χ3v) is 7.70. The molecular formula is C32H42O9. The number of carbonyl (C=O) groups is 3. The number of methoxy groups -OCH3 is 1. The number of hydrogen-bond acceptors (Lipinski definition) is 9. The summed E-state index contributed by atoms with van der Waals surface area (Å²) in [5, 5.41) is 0. The highest BCUT2D eigenvalue weighted by molar-refractivity contribution is 5.90. The molecule has 0 saturated carbocycles. The molecule has 2 aromatic rings. The lowest BCUT2D eigenvalue weighted by Gasteiger charge is -2.39. The Morgan fingerprint density at radius 1 is 0.878 bits per heavy atom. The largest absolute Gasteiger partial charge is 0.452 e. The van der Waals surface area contributed by atoms with Crippen molar-refractivity contribution in [1.29, 1.82) is 0 Å². The molecule has 1 aliphatic rings. The number of rotatable bonds is 15. The van der Waals surface area contributed by atoms with Gasteiger partial charge >= 0.3 is 11.9 Å². The van der Waals surface area contributed by atoms with E-state index in [0.717, 1.165) is 0 Å². The SMILES string of the molecule is CCC(CC)(OC)OC(C)C(OC(=O)c1ccccc1)C(OC(=O)c1ccccc1)C1OC(CC)(CC)OC1C=O. The molecular weight excluding hydrogens is 528 g/mol. The third-order valence-electron chi connectivity index (χ3n) is 7.70. The Kier molecular flexibility index (Phi) is 11.6. The standard InChI is InChI=1S/C32H42O9/c1-7-31(8-2,36-6)39-22(5)26(37-29(34)23-17-13-11-14-18-23)28(38-30(35)24-19-15-12-16-20-24)27-25(21-33)40-32(9-3,10-4)41-27/h11-22,25-28H,7-10H2,1-6H3. The Balaban J connectivity index is 2.10. The molecule has 5 unspecified atom stereocenters. The first kappa shape index (κ1) is 32.4. The molecule has 9 heteroatoms. The number of esters is 2. The molecule has 0 bridgehead atoms. The van der Waals surface area contributed by atoms with E-state index in [1.165, 1.54) is 0 Å². The second kappa shape index (κ2) is 14.7. The molecule has 1 aliphatic heterocycles. The lowest BCUT2D eigenvalue weighted by atomic mass is 9.98. The summed E-state index contributed by atoms with van der Waals surface area (Å²) in [4.78, 5) is 39.1. The van der Waals surface area contributed by atoms with Gasteiger partial charge in [-0.3, -0.25) is 0 Å². The zero-order valence-electron chi connectivity index (χ0n) is 24.7. The van der Waals surface area contributed by atoms with Crippen LogP contribution in [0.4, 0.5) is 0 Å². The minimum absolute atomic E-state index is 0.284. The summed E-state index contributed by atoms with van der Waals surface area (Å²) in [6.45, 7) is 9.32. The van der Waals surface area contributed by atoms with Crippen molar-refractivity contribution in [2.45, 2.75) is 102 Å². The Morgan fingerprint density at radius 2 is 1.39 bits per heavy atom. The second-order valence-corrected chi connectivity index (χ2v) is 10.0. The maximum atomic E-state index is 13.4. The number of aldehydes is 1. The summed E-state index contributed by atoms with van der Waals surface area (Å²) in [7, 11) is 1.55. The molecule has 0 N–H and O–H groups in total. The Bertz CT molecular complexity index is 1100. The molecule has 0 amide bonds. The molecule has 5 atom stereocenters. The van der Waals surface area contributed by atoms with Crippen LogP contribution in [0.1, 0.15) is 81.0 Å². The van der Waals surface area contributed by atoms with E-state index in [1.54, 1.807) is 74.7 Å². The molecule has 41 heavy (non-hydrogen) atoms. The van der Waals surface area contributed by atoms with Crippen LogP contribution in [0.2, 0.25) is 0 Å². The zero-order valence-corrected chi connectivity index (χ0v) is 24.7. The van der Waals surface area contributed by atoms with E-state index in [-0.39, 0.29) is 5.56 Å². The van der Waals surface area contributed by atoms with Crippen LogP contribution in [0.15, 0.2) is 60.7 Å². The van der Waals surface area contributed by atoms with Crippen LogP contribution in [0.25, 0.3) is 0 Å². The molecule has 0 spiro atoms. The van der Waals surface area contributed by atoms with Crippen molar-refractivity contribution in [2.24, 2.45) is 0 Å². The van der Waals surface area contributed by atoms with E-state index in [2.05, 4.69) is 0 Å². The van der Waals surface area contributed by atoms with Gasteiger partial charge in [0.2, 0.25) is 0 Å². The molecule has 3 rings (SSSR count). The minimum atomic E-state index is -1.27. The second-order valence-electron chi connectivity index (χ2n) is 10.0. The highest BCUT2D eigenvalue weighted by Crippen LogP contribution is 2.38. The van der Waals surface area contributed by atoms with E-state index in [9.17, 15) is 14.4 Å². The van der Waals surface area contributed by atoms with Gasteiger partial charge in [-0.15, -0.1) is 0 Å². The maximum Gasteiger partial charge on any atom is 0.338 e. The first-order valence-corrected chi connectivity index (χ1v) is 14.3. The molecule has 1 fully saturated rings. The summed E-state index contributed by atoms with van der Waals surface area (Å²) < 4.78 is 36.7. The molecule has 0 radical (unpaired) electrons. The molecule has 0 aliphatic carbocycles. The molecule has 0 aromatic heterocycles. The number of benzene rings is 2. The summed E-state index contributed by atoms with van der Waals surface area (Å²) in [5.74, 6) is -3.39. The van der Waals surface area contributed by atoms with Gasteiger partial charge in [0.15, 0.2) is 30.1 Å². The summed E-state index contributed by atoms with van der Waals surface area (Å²) in [6.07, 6.45) is -2.97. The van der Waals surface area contributed by atoms with Crippen LogP contribution in [-0.4, -0.2) is 67.4 Å². The highest BCUT2D eigenvalue weighted by atomic mass is 16.8. The van der Waals surface area contributed by atoms with E-state index in [4.69, 9.17) is 28.4 Å². The van der Waals surface area contributed by atoms with Gasteiger partial charge in [0.25, 0.3) is 0 Å². The lowest BCUT2D eigenvalue weighted by Crippen LogP contribution is -2.54. The fourth-order valence-electron chi connectivity index (χ4n) is 5.04. The highest BCUT2D eigenvalue weighted by Gasteiger charge is 2.54. The van der Waals surface area contributed by atoms with Crippen LogP contribution in [0, 0.1) is 0 Å². The molecule has 1 heterocycles. The Labute approximate surface area is 242 Å². The Morgan fingerprint density at radius 3 is 1.83 bits per heavy atom. The first-order valence-electron chi connectivity index (χ1n) is 14.3. The van der Waals surface area contributed by atoms with Gasteiger partial charge in [-0.25, -0.2) is 9.59 Å². The van der Waals surface area contributed by atoms with Gasteiger partial charge in [-0.2, -0.15) is 0 Å². The van der Waals surface area contributed by atoms with Crippen LogP contribution in [0.5, 0.6) is 0 Å². The monoisotopic (exact) mass is 570 g/mol. The van der Waals surface area contributed by atoms with Crippen molar-refractivity contribution in [2.75, 3.05) is 7.11 Å². The summed E-state index contributed by atoms with van der Waals surface area (Å²) in [6, 6.07) is 16.9. The minimum Gasteiger partial charge on any atom is -0.452 e. The van der Waals surface area contributed by atoms with E-state index in [0.29, 0.717) is 37.5 Å². The Hall–Kier alpha value is -3.11. The fraction of sp³-hybridized carbons (Fsp3) is 0.531. The van der Waals surface area contributed by atoms with E-state index in [1.807, 2.05) is 27.7 Å². The smallest absolute Gasteiger partial charge is 0.338 e. The van der Waals surface area contributed by atoms with Gasteiger partial charge < -0.3 is 33.2 Å². The normalized spacial score (nSPS) is 20.5. The third kappa shape index (κ3) is 7.60. The molecule has 224 valence electrons. The van der Waals surface area contributed by atoms with Crippen molar-refractivity contribution in [3.05, 3.63) is 71.8 Å². The van der Waals surface area contributed by atoms with Crippen molar-refractivity contribution in [3.63, 3.8) is 0 Å². The van der Waals surface area contributed by atoms with Crippen molar-refractivity contribution in [1.82, 2.24) is 0 Å². The van der Waals surface area contributed by atoms with Gasteiger partial charge in [0.05, 0.1) is 17.2 Å². The lowest BCUT2D eigenvalue weighted by molar-refractivity contribution is -0.270. The number of hydrogen-bond donors (Lipinski definition) is 0. The zero-order chi connectivity index (χ0) is 30.0. The van der Waals surface area contributed by atoms with Gasteiger partial charge in [0.1, 0.15) is 12.2 Å². The van der Waals surface area contributed by atoms with Gasteiger partial charge in [-0.05, 0) is 56.9 Å². The predicted molar refractivity (Wildman–Crippen MR) is 151 cm³/mol. The summed E-state index contributed by atoms with van der Waals surface area (Å²) in [5.41, 5.74) is 0.584. The molecule has 1 saturated heterocycles. The number of ether oxygens (including phenoxy) is 6. The average Bonchev–Trinajstić information content (AvgIpc) is 3.41. The van der Waals surface area contributed by atoms with Crippen LogP contribution < -0.4 is 0 Å². The van der Waals surface area contributed by atoms with Crippen LogP contribution >= 0.6 is 0 Å². The fourth-order valence-corrected chi connectivity index (χ4v) is 5.04. The summed E-state index contributed by atoms with van der Waals surface area (Å²) >= 11 is 0. The van der Waals surface area contributed by atoms with Gasteiger partial charge in [-0.1, -0.05) is 64.1 Å². The van der Waals surface area contributed by atoms with Crippen molar-refractivity contribution >= 4 is 18.2 Å². The van der Waals surface area contributed by atoms with Gasteiger partial charge in [0, 0.05) is 7.11 Å². The maximum absolute atomic E-state index is 13.4. The average molecular weight is 571 g/mol.